The van der Waals surface area contributed by atoms with Crippen molar-refractivity contribution in [3.05, 3.63) is 35.9 Å². The summed E-state index contributed by atoms with van der Waals surface area (Å²) >= 11 is 0. The lowest BCUT2D eigenvalue weighted by molar-refractivity contribution is -0.130. The zero-order valence-corrected chi connectivity index (χ0v) is 12.8. The van der Waals surface area contributed by atoms with Crippen molar-refractivity contribution in [1.29, 1.82) is 0 Å². The lowest BCUT2D eigenvalue weighted by atomic mass is 10.1. The van der Waals surface area contributed by atoms with Crippen molar-refractivity contribution in [2.45, 2.75) is 25.7 Å². The van der Waals surface area contributed by atoms with Crippen molar-refractivity contribution >= 4 is 5.91 Å². The van der Waals surface area contributed by atoms with Crippen LogP contribution >= 0.6 is 0 Å². The van der Waals surface area contributed by atoms with Crippen molar-refractivity contribution in [2.24, 2.45) is 5.73 Å². The second-order valence-corrected chi connectivity index (χ2v) is 5.73. The van der Waals surface area contributed by atoms with Crippen molar-refractivity contribution in [3.63, 3.8) is 0 Å². The Morgan fingerprint density at radius 3 is 2.62 bits per heavy atom. The molecule has 0 aromatic heterocycles. The molecule has 0 spiro atoms. The van der Waals surface area contributed by atoms with Gasteiger partial charge in [0.25, 0.3) is 0 Å². The van der Waals surface area contributed by atoms with Crippen LogP contribution in [0.1, 0.15) is 24.8 Å². The van der Waals surface area contributed by atoms with E-state index in [-0.39, 0.29) is 5.91 Å². The van der Waals surface area contributed by atoms with Crippen LogP contribution in [0.3, 0.4) is 0 Å². The molecule has 2 rings (SSSR count). The third-order valence-electron chi connectivity index (χ3n) is 4.07. The molecule has 21 heavy (non-hydrogen) atoms. The summed E-state index contributed by atoms with van der Waals surface area (Å²) < 4.78 is 0. The molecule has 1 saturated heterocycles. The molecule has 1 aliphatic heterocycles. The molecule has 1 aromatic carbocycles. The molecule has 0 atom stereocenters. The molecule has 2 N–H and O–H groups in total. The highest BCUT2D eigenvalue weighted by Gasteiger charge is 2.18. The quantitative estimate of drug-likeness (QED) is 0.808. The molecule has 1 aliphatic rings. The number of hydrogen-bond acceptors (Lipinski definition) is 3. The first kappa shape index (κ1) is 16.0. The van der Waals surface area contributed by atoms with Gasteiger partial charge in [-0.2, -0.15) is 0 Å². The van der Waals surface area contributed by atoms with E-state index in [2.05, 4.69) is 4.90 Å². The van der Waals surface area contributed by atoms with Gasteiger partial charge in [-0.15, -0.1) is 0 Å². The summed E-state index contributed by atoms with van der Waals surface area (Å²) in [6.45, 7) is 5.71. The first-order chi connectivity index (χ1) is 10.3. The molecule has 0 aliphatic carbocycles. The zero-order chi connectivity index (χ0) is 14.9. The number of carbonyl (C=O) groups excluding carboxylic acids is 1. The van der Waals surface area contributed by atoms with Crippen molar-refractivity contribution < 1.29 is 4.79 Å². The van der Waals surface area contributed by atoms with Crippen LogP contribution in [0.5, 0.6) is 0 Å². The summed E-state index contributed by atoms with van der Waals surface area (Å²) in [6.07, 6.45) is 3.85. The van der Waals surface area contributed by atoms with Crippen LogP contribution in [-0.2, 0) is 11.2 Å². The largest absolute Gasteiger partial charge is 0.341 e. The first-order valence-corrected chi connectivity index (χ1v) is 8.03. The fourth-order valence-corrected chi connectivity index (χ4v) is 2.81. The highest BCUT2D eigenvalue weighted by Crippen LogP contribution is 2.08. The van der Waals surface area contributed by atoms with Gasteiger partial charge in [-0.25, -0.2) is 0 Å². The predicted octanol–water partition coefficient (Wildman–Crippen LogP) is 1.50. The number of nitrogens with two attached hydrogens (primary N) is 1. The molecule has 1 heterocycles. The average molecular weight is 289 g/mol. The normalized spacial score (nSPS) is 16.7. The van der Waals surface area contributed by atoms with Gasteiger partial charge in [0.05, 0.1) is 6.42 Å². The zero-order valence-electron chi connectivity index (χ0n) is 12.8. The smallest absolute Gasteiger partial charge is 0.227 e. The van der Waals surface area contributed by atoms with E-state index in [4.69, 9.17) is 5.73 Å². The molecule has 0 radical (unpaired) electrons. The van der Waals surface area contributed by atoms with E-state index in [0.717, 1.165) is 64.1 Å². The number of unbranched alkanes of at least 4 members (excludes halogenated alkanes) is 1. The van der Waals surface area contributed by atoms with Crippen LogP contribution in [0, 0.1) is 0 Å². The van der Waals surface area contributed by atoms with Crippen molar-refractivity contribution in [3.8, 4) is 0 Å². The third kappa shape index (κ3) is 5.48. The van der Waals surface area contributed by atoms with E-state index < -0.39 is 0 Å². The van der Waals surface area contributed by atoms with Gasteiger partial charge in [0.15, 0.2) is 0 Å². The number of amides is 1. The number of benzene rings is 1. The highest BCUT2D eigenvalue weighted by molar-refractivity contribution is 5.78. The van der Waals surface area contributed by atoms with Crippen LogP contribution < -0.4 is 5.73 Å². The van der Waals surface area contributed by atoms with Crippen molar-refractivity contribution in [1.82, 2.24) is 9.80 Å². The summed E-state index contributed by atoms with van der Waals surface area (Å²) in [5.41, 5.74) is 6.64. The molecule has 0 bridgehead atoms. The Hall–Kier alpha value is -1.39. The summed E-state index contributed by atoms with van der Waals surface area (Å²) in [7, 11) is 0. The van der Waals surface area contributed by atoms with Gasteiger partial charge >= 0.3 is 0 Å². The van der Waals surface area contributed by atoms with Crippen LogP contribution in [0.2, 0.25) is 0 Å². The van der Waals surface area contributed by atoms with E-state index in [9.17, 15) is 4.79 Å². The Bertz CT molecular complexity index is 421. The average Bonchev–Trinajstić information content (AvgIpc) is 2.74. The fraction of sp³-hybridized carbons (Fsp3) is 0.588. The first-order valence-electron chi connectivity index (χ1n) is 8.03. The molecule has 1 amide bonds. The minimum absolute atomic E-state index is 0.255. The van der Waals surface area contributed by atoms with Crippen LogP contribution in [0.25, 0.3) is 0 Å². The Balaban J connectivity index is 1.78. The van der Waals surface area contributed by atoms with Gasteiger partial charge in [-0.05, 0) is 44.5 Å². The Morgan fingerprint density at radius 2 is 1.86 bits per heavy atom. The third-order valence-corrected chi connectivity index (χ3v) is 4.07. The molecule has 1 aromatic rings. The highest BCUT2D eigenvalue weighted by atomic mass is 16.2. The molecule has 0 unspecified atom stereocenters. The van der Waals surface area contributed by atoms with Gasteiger partial charge < -0.3 is 15.5 Å². The molecule has 4 heteroatoms. The van der Waals surface area contributed by atoms with Crippen LogP contribution in [0.15, 0.2) is 30.3 Å². The van der Waals surface area contributed by atoms with Gasteiger partial charge in [-0.3, -0.25) is 4.79 Å². The standard InChI is InChI=1S/C17H27N3O/c18-9-4-5-10-19-11-6-12-20(14-13-19)17(21)15-16-7-2-1-3-8-16/h1-3,7-8H,4-6,9-15,18H2. The predicted molar refractivity (Wildman–Crippen MR) is 86.1 cm³/mol. The maximum Gasteiger partial charge on any atom is 0.227 e. The second-order valence-electron chi connectivity index (χ2n) is 5.73. The fourth-order valence-electron chi connectivity index (χ4n) is 2.81. The number of hydrogen-bond donors (Lipinski definition) is 1. The molecule has 1 fully saturated rings. The molecule has 0 saturated carbocycles. The Morgan fingerprint density at radius 1 is 1.05 bits per heavy atom. The maximum atomic E-state index is 12.4. The second kappa shape index (κ2) is 8.80. The van der Waals surface area contributed by atoms with E-state index in [1.807, 2.05) is 35.2 Å². The minimum atomic E-state index is 0.255. The summed E-state index contributed by atoms with van der Waals surface area (Å²) in [4.78, 5) is 16.9. The summed E-state index contributed by atoms with van der Waals surface area (Å²) in [5, 5.41) is 0. The SMILES string of the molecule is NCCCCN1CCCN(C(=O)Cc2ccccc2)CC1. The van der Waals surface area contributed by atoms with Gasteiger partial charge in [0, 0.05) is 19.6 Å². The van der Waals surface area contributed by atoms with Gasteiger partial charge in [0.1, 0.15) is 0 Å². The van der Waals surface area contributed by atoms with E-state index >= 15 is 0 Å². The van der Waals surface area contributed by atoms with Gasteiger partial charge in [-0.1, -0.05) is 30.3 Å². The molecule has 116 valence electrons. The monoisotopic (exact) mass is 289 g/mol. The van der Waals surface area contributed by atoms with Gasteiger partial charge in [0.2, 0.25) is 5.91 Å². The van der Waals surface area contributed by atoms with Crippen LogP contribution in [0.4, 0.5) is 0 Å². The lowest BCUT2D eigenvalue weighted by Crippen LogP contribution is -2.36. The van der Waals surface area contributed by atoms with E-state index in [0.29, 0.717) is 6.42 Å². The van der Waals surface area contributed by atoms with E-state index in [1.165, 1.54) is 0 Å². The summed E-state index contributed by atoms with van der Waals surface area (Å²) in [5.74, 6) is 0.255. The molecular weight excluding hydrogens is 262 g/mol. The minimum Gasteiger partial charge on any atom is -0.341 e. The molecular formula is C17H27N3O. The summed E-state index contributed by atoms with van der Waals surface area (Å²) in [6, 6.07) is 10.0. The van der Waals surface area contributed by atoms with Crippen LogP contribution in [-0.4, -0.2) is 55.0 Å². The van der Waals surface area contributed by atoms with E-state index in [1.54, 1.807) is 0 Å². The number of rotatable bonds is 6. The van der Waals surface area contributed by atoms with Crippen molar-refractivity contribution in [2.75, 3.05) is 39.3 Å². The number of carbonyl (C=O) groups is 1. The maximum absolute atomic E-state index is 12.4. The Kier molecular flexibility index (Phi) is 6.70. The lowest BCUT2D eigenvalue weighted by Gasteiger charge is -2.22. The number of nitrogens with zero attached hydrogens (tertiary/aromatic N) is 2. The topological polar surface area (TPSA) is 49.6 Å². The molecule has 4 nitrogen and oxygen atoms in total. The Labute approximate surface area is 127 Å².